The van der Waals surface area contributed by atoms with Gasteiger partial charge in [-0.05, 0) is 42.2 Å². The Morgan fingerprint density at radius 3 is 2.31 bits per heavy atom. The molecular weight excluding hydrogens is 175 g/mol. The largest absolute Gasteiger partial charge is 0.134 e. The molecule has 4 atom stereocenters. The zero-order chi connectivity index (χ0) is 10.1. The van der Waals surface area contributed by atoms with Crippen molar-refractivity contribution in [3.05, 3.63) is 0 Å². The van der Waals surface area contributed by atoms with Crippen molar-refractivity contribution in [2.24, 2.45) is 17.3 Å². The molecule has 13 heavy (non-hydrogen) atoms. The summed E-state index contributed by atoms with van der Waals surface area (Å²) in [4.78, 5) is 0. The molecule has 78 valence electrons. The summed E-state index contributed by atoms with van der Waals surface area (Å²) in [5, 5.41) is 0. The topological polar surface area (TPSA) is 0 Å². The molecule has 1 aliphatic rings. The van der Waals surface area contributed by atoms with Crippen molar-refractivity contribution >= 4 is 9.24 Å². The molecule has 1 rings (SSSR count). The lowest BCUT2D eigenvalue weighted by molar-refractivity contribution is 0.217. The second-order valence-electron chi connectivity index (χ2n) is 6.09. The maximum absolute atomic E-state index is 3.04. The van der Waals surface area contributed by atoms with E-state index in [4.69, 9.17) is 0 Å². The van der Waals surface area contributed by atoms with Gasteiger partial charge in [-0.3, -0.25) is 0 Å². The van der Waals surface area contributed by atoms with Crippen LogP contribution in [0.5, 0.6) is 0 Å². The predicted octanol–water partition coefficient (Wildman–Crippen LogP) is 4.10. The minimum Gasteiger partial charge on any atom is -0.134 e. The first-order valence-electron chi connectivity index (χ1n) is 5.64. The average Bonchev–Trinajstić information content (AvgIpc) is 1.94. The molecule has 0 radical (unpaired) electrons. The van der Waals surface area contributed by atoms with Gasteiger partial charge in [0.25, 0.3) is 0 Å². The van der Waals surface area contributed by atoms with Crippen LogP contribution in [0.2, 0.25) is 0 Å². The van der Waals surface area contributed by atoms with Gasteiger partial charge < -0.3 is 0 Å². The zero-order valence-electron chi connectivity index (χ0n) is 9.64. The fourth-order valence-corrected chi connectivity index (χ4v) is 3.08. The third-order valence-electron chi connectivity index (χ3n) is 3.27. The van der Waals surface area contributed by atoms with E-state index in [-0.39, 0.29) is 0 Å². The number of rotatable bonds is 1. The highest BCUT2D eigenvalue weighted by molar-refractivity contribution is 7.17. The van der Waals surface area contributed by atoms with Crippen molar-refractivity contribution in [1.82, 2.24) is 0 Å². The molecule has 0 saturated heterocycles. The quantitative estimate of drug-likeness (QED) is 0.559. The minimum absolute atomic E-state index is 0.523. The molecular formula is C12H25P. The highest BCUT2D eigenvalue weighted by atomic mass is 31.0. The summed E-state index contributed by atoms with van der Waals surface area (Å²) in [6.45, 7) is 9.49. The van der Waals surface area contributed by atoms with E-state index in [0.717, 1.165) is 17.5 Å². The van der Waals surface area contributed by atoms with Crippen LogP contribution in [0.15, 0.2) is 0 Å². The van der Waals surface area contributed by atoms with Crippen molar-refractivity contribution in [2.75, 3.05) is 0 Å². The van der Waals surface area contributed by atoms with E-state index >= 15 is 0 Å². The summed E-state index contributed by atoms with van der Waals surface area (Å²) < 4.78 is 0. The SMILES string of the molecule is CC1CCC(CC(C)(C)C)CC1P. The molecule has 0 heterocycles. The summed E-state index contributed by atoms with van der Waals surface area (Å²) in [6, 6.07) is 0. The lowest BCUT2D eigenvalue weighted by atomic mass is 9.75. The standard InChI is InChI=1S/C12H25P/c1-9-5-6-10(7-11(9)13)8-12(2,3)4/h9-11H,5-8,13H2,1-4H3. The maximum Gasteiger partial charge on any atom is -0.0236 e. The van der Waals surface area contributed by atoms with Crippen LogP contribution in [-0.2, 0) is 0 Å². The predicted molar refractivity (Wildman–Crippen MR) is 64.1 cm³/mol. The van der Waals surface area contributed by atoms with Gasteiger partial charge in [-0.1, -0.05) is 34.1 Å². The van der Waals surface area contributed by atoms with Gasteiger partial charge in [0.15, 0.2) is 0 Å². The van der Waals surface area contributed by atoms with Crippen LogP contribution in [-0.4, -0.2) is 5.66 Å². The average molecular weight is 200 g/mol. The van der Waals surface area contributed by atoms with Gasteiger partial charge in [0.2, 0.25) is 0 Å². The fourth-order valence-electron chi connectivity index (χ4n) is 2.50. The number of hydrogen-bond donors (Lipinski definition) is 0. The molecule has 0 amide bonds. The summed E-state index contributed by atoms with van der Waals surface area (Å²) in [5.74, 6) is 1.92. The highest BCUT2D eigenvalue weighted by Crippen LogP contribution is 2.39. The minimum atomic E-state index is 0.523. The van der Waals surface area contributed by atoms with Crippen LogP contribution in [0.4, 0.5) is 0 Å². The second-order valence-corrected chi connectivity index (χ2v) is 6.94. The number of hydrogen-bond acceptors (Lipinski definition) is 0. The van der Waals surface area contributed by atoms with E-state index in [1.807, 2.05) is 0 Å². The Balaban J connectivity index is 2.38. The lowest BCUT2D eigenvalue weighted by Gasteiger charge is -2.35. The normalized spacial score (nSPS) is 36.2. The van der Waals surface area contributed by atoms with Gasteiger partial charge in [-0.15, -0.1) is 9.24 Å². The van der Waals surface area contributed by atoms with E-state index in [0.29, 0.717) is 5.41 Å². The molecule has 1 aliphatic carbocycles. The Kier molecular flexibility index (Phi) is 3.81. The molecule has 0 aliphatic heterocycles. The first-order chi connectivity index (χ1) is 5.88. The van der Waals surface area contributed by atoms with Crippen molar-refractivity contribution in [1.29, 1.82) is 0 Å². The van der Waals surface area contributed by atoms with Crippen LogP contribution in [0.3, 0.4) is 0 Å². The van der Waals surface area contributed by atoms with Crippen molar-refractivity contribution in [3.8, 4) is 0 Å². The Morgan fingerprint density at radius 2 is 1.85 bits per heavy atom. The van der Waals surface area contributed by atoms with E-state index in [1.54, 1.807) is 0 Å². The summed E-state index contributed by atoms with van der Waals surface area (Å²) in [7, 11) is 3.04. The van der Waals surface area contributed by atoms with E-state index in [2.05, 4.69) is 36.9 Å². The molecule has 0 aromatic carbocycles. The van der Waals surface area contributed by atoms with Gasteiger partial charge in [0.1, 0.15) is 0 Å². The fraction of sp³-hybridized carbons (Fsp3) is 1.00. The van der Waals surface area contributed by atoms with E-state index in [9.17, 15) is 0 Å². The molecule has 4 unspecified atom stereocenters. The molecule has 0 aromatic rings. The third kappa shape index (κ3) is 3.98. The summed E-state index contributed by atoms with van der Waals surface area (Å²) >= 11 is 0. The summed E-state index contributed by atoms with van der Waals surface area (Å²) in [6.07, 6.45) is 5.74. The molecule has 0 nitrogen and oxygen atoms in total. The second kappa shape index (κ2) is 4.30. The third-order valence-corrected chi connectivity index (χ3v) is 4.20. The van der Waals surface area contributed by atoms with Gasteiger partial charge in [-0.25, -0.2) is 0 Å². The molecule has 1 heteroatoms. The van der Waals surface area contributed by atoms with Crippen molar-refractivity contribution in [3.63, 3.8) is 0 Å². The van der Waals surface area contributed by atoms with E-state index < -0.39 is 0 Å². The highest BCUT2D eigenvalue weighted by Gasteiger charge is 2.27. The smallest absolute Gasteiger partial charge is 0.0236 e. The van der Waals surface area contributed by atoms with Crippen molar-refractivity contribution < 1.29 is 0 Å². The van der Waals surface area contributed by atoms with Crippen LogP contribution >= 0.6 is 9.24 Å². The van der Waals surface area contributed by atoms with E-state index in [1.165, 1.54) is 25.7 Å². The van der Waals surface area contributed by atoms with Crippen molar-refractivity contribution in [2.45, 2.75) is 59.0 Å². The molecule has 0 N–H and O–H groups in total. The first-order valence-corrected chi connectivity index (χ1v) is 6.31. The van der Waals surface area contributed by atoms with Crippen LogP contribution in [0.1, 0.15) is 53.4 Å². The van der Waals surface area contributed by atoms with Crippen LogP contribution < -0.4 is 0 Å². The Hall–Kier alpha value is 0.430. The summed E-state index contributed by atoms with van der Waals surface area (Å²) in [5.41, 5.74) is 1.40. The molecule has 0 bridgehead atoms. The Labute approximate surface area is 86.1 Å². The van der Waals surface area contributed by atoms with Gasteiger partial charge in [0, 0.05) is 0 Å². The Morgan fingerprint density at radius 1 is 1.23 bits per heavy atom. The molecule has 1 saturated carbocycles. The molecule has 0 aromatic heterocycles. The molecule has 0 spiro atoms. The van der Waals surface area contributed by atoms with Crippen LogP contribution in [0.25, 0.3) is 0 Å². The van der Waals surface area contributed by atoms with Crippen LogP contribution in [0, 0.1) is 17.3 Å². The zero-order valence-corrected chi connectivity index (χ0v) is 10.8. The lowest BCUT2D eigenvalue weighted by Crippen LogP contribution is -2.25. The van der Waals surface area contributed by atoms with Gasteiger partial charge >= 0.3 is 0 Å². The maximum atomic E-state index is 3.04. The van der Waals surface area contributed by atoms with Gasteiger partial charge in [-0.2, -0.15) is 0 Å². The Bertz CT molecular complexity index is 157. The first kappa shape index (κ1) is 11.5. The molecule has 1 fully saturated rings. The van der Waals surface area contributed by atoms with Gasteiger partial charge in [0.05, 0.1) is 0 Å². The monoisotopic (exact) mass is 200 g/mol.